The zero-order chi connectivity index (χ0) is 5.91. The molecule has 0 rings (SSSR count). The molecule has 0 heterocycles. The van der Waals surface area contributed by atoms with E-state index in [1.807, 2.05) is 6.66 Å². The van der Waals surface area contributed by atoms with Crippen molar-refractivity contribution in [2.45, 2.75) is 13.8 Å². The summed E-state index contributed by atoms with van der Waals surface area (Å²) in [5.74, 6) is 0. The molecule has 7 heavy (non-hydrogen) atoms. The van der Waals surface area contributed by atoms with Gasteiger partial charge in [0.1, 0.15) is 0 Å². The first kappa shape index (κ1) is 7.39. The van der Waals surface area contributed by atoms with E-state index >= 15 is 0 Å². The molecule has 0 aromatic rings. The van der Waals surface area contributed by atoms with E-state index in [1.54, 1.807) is 0 Å². The van der Waals surface area contributed by atoms with Crippen molar-refractivity contribution < 1.29 is 4.89 Å². The molecule has 1 nitrogen and oxygen atoms in total. The van der Waals surface area contributed by atoms with Crippen molar-refractivity contribution in [2.75, 3.05) is 19.0 Å². The Kier molecular flexibility index (Phi) is 2.78. The van der Waals surface area contributed by atoms with E-state index in [0.717, 1.165) is 12.3 Å². The molecule has 0 aromatic carbocycles. The van der Waals surface area contributed by atoms with Crippen molar-refractivity contribution in [3.05, 3.63) is 0 Å². The van der Waals surface area contributed by atoms with Gasteiger partial charge in [0, 0.05) is 0 Å². The fourth-order valence-electron chi connectivity index (χ4n) is 0.250. The van der Waals surface area contributed by atoms with E-state index in [1.165, 1.54) is 0 Å². The molecule has 0 aromatic heterocycles. The van der Waals surface area contributed by atoms with Crippen molar-refractivity contribution in [3.63, 3.8) is 0 Å². The molecule has 0 fully saturated rings. The average molecular weight is 122 g/mol. The zero-order valence-corrected chi connectivity index (χ0v) is 6.36. The normalized spacial score (nSPS) is 14.3. The van der Waals surface area contributed by atoms with E-state index in [9.17, 15) is 4.89 Å². The Labute approximate surface area is 46.2 Å². The standard InChI is InChI=1S/C5H15OP/c1-4-7(3,6)5-2/h6-7H,4-5H2,1-3H3. The van der Waals surface area contributed by atoms with Crippen LogP contribution in [0, 0.1) is 0 Å². The van der Waals surface area contributed by atoms with Gasteiger partial charge in [0.15, 0.2) is 0 Å². The average Bonchev–Trinajstić information content (AvgIpc) is 1.68. The van der Waals surface area contributed by atoms with Crippen LogP contribution in [-0.2, 0) is 0 Å². The van der Waals surface area contributed by atoms with Gasteiger partial charge >= 0.3 is 45.2 Å². The molecule has 0 bridgehead atoms. The summed E-state index contributed by atoms with van der Waals surface area (Å²) in [5, 5.41) is 0. The van der Waals surface area contributed by atoms with Crippen LogP contribution in [0.2, 0.25) is 0 Å². The second-order valence-corrected chi connectivity index (χ2v) is 6.61. The predicted molar refractivity (Wildman–Crippen MR) is 37.5 cm³/mol. The molecule has 0 amide bonds. The van der Waals surface area contributed by atoms with Crippen LogP contribution in [-0.4, -0.2) is 23.9 Å². The van der Waals surface area contributed by atoms with Crippen LogP contribution >= 0.6 is 7.49 Å². The molecular weight excluding hydrogens is 107 g/mol. The molecule has 2 heteroatoms. The summed E-state index contributed by atoms with van der Waals surface area (Å²) < 4.78 is 0. The van der Waals surface area contributed by atoms with Gasteiger partial charge in [-0.25, -0.2) is 0 Å². The maximum atomic E-state index is 9.27. The third-order valence-corrected chi connectivity index (χ3v) is 4.57. The first-order valence-corrected chi connectivity index (χ1v) is 5.71. The minimum absolute atomic E-state index is 0.990. The van der Waals surface area contributed by atoms with Crippen LogP contribution in [0.15, 0.2) is 0 Å². The Morgan fingerprint density at radius 2 is 1.57 bits per heavy atom. The second kappa shape index (κ2) is 2.64. The van der Waals surface area contributed by atoms with Crippen molar-refractivity contribution in [1.29, 1.82) is 0 Å². The first-order valence-electron chi connectivity index (χ1n) is 2.84. The molecule has 0 radical (unpaired) electrons. The Balaban J connectivity index is 3.36. The summed E-state index contributed by atoms with van der Waals surface area (Å²) in [6, 6.07) is 0. The van der Waals surface area contributed by atoms with Crippen LogP contribution < -0.4 is 0 Å². The van der Waals surface area contributed by atoms with Gasteiger partial charge < -0.3 is 0 Å². The maximum absolute atomic E-state index is 9.27. The molecule has 0 aliphatic carbocycles. The number of rotatable bonds is 2. The first-order chi connectivity index (χ1) is 3.12. The Morgan fingerprint density at radius 3 is 1.57 bits per heavy atom. The Bertz CT molecular complexity index is 46.0. The van der Waals surface area contributed by atoms with E-state index < -0.39 is 7.49 Å². The molecule has 0 atom stereocenters. The van der Waals surface area contributed by atoms with Crippen molar-refractivity contribution in [3.8, 4) is 0 Å². The SMILES string of the molecule is CC[PH](C)(O)CC. The van der Waals surface area contributed by atoms with Crippen molar-refractivity contribution in [1.82, 2.24) is 0 Å². The molecule has 0 saturated carbocycles. The summed E-state index contributed by atoms with van der Waals surface area (Å²) >= 11 is 0. The van der Waals surface area contributed by atoms with Gasteiger partial charge in [0.25, 0.3) is 0 Å². The molecule has 1 N–H and O–H groups in total. The number of hydrogen-bond acceptors (Lipinski definition) is 1. The predicted octanol–water partition coefficient (Wildman–Crippen LogP) is 1.31. The van der Waals surface area contributed by atoms with Crippen LogP contribution in [0.1, 0.15) is 13.8 Å². The summed E-state index contributed by atoms with van der Waals surface area (Å²) in [6.07, 6.45) is 1.98. The Hall–Kier alpha value is 0.390. The summed E-state index contributed by atoms with van der Waals surface area (Å²) in [5.41, 5.74) is 0. The molecule has 46 valence electrons. The minimum atomic E-state index is -1.65. The number of hydrogen-bond donors (Lipinski definition) is 1. The second-order valence-electron chi connectivity index (χ2n) is 2.20. The Morgan fingerprint density at radius 1 is 1.29 bits per heavy atom. The summed E-state index contributed by atoms with van der Waals surface area (Å²) in [4.78, 5) is 9.27. The topological polar surface area (TPSA) is 20.2 Å². The van der Waals surface area contributed by atoms with Crippen molar-refractivity contribution >= 4 is 7.49 Å². The van der Waals surface area contributed by atoms with E-state index in [0.29, 0.717) is 0 Å². The van der Waals surface area contributed by atoms with E-state index in [-0.39, 0.29) is 0 Å². The fraction of sp³-hybridized carbons (Fsp3) is 1.00. The molecule has 0 aliphatic heterocycles. The summed E-state index contributed by atoms with van der Waals surface area (Å²) in [7, 11) is -1.65. The third-order valence-electron chi connectivity index (χ3n) is 1.52. The van der Waals surface area contributed by atoms with Gasteiger partial charge in [0.2, 0.25) is 0 Å². The van der Waals surface area contributed by atoms with Crippen LogP contribution in [0.25, 0.3) is 0 Å². The monoisotopic (exact) mass is 122 g/mol. The molecule has 0 unspecified atom stereocenters. The molecular formula is C5H15OP. The molecule has 0 aliphatic rings. The zero-order valence-electron chi connectivity index (χ0n) is 5.36. The fourth-order valence-corrected chi connectivity index (χ4v) is 0.750. The summed E-state index contributed by atoms with van der Waals surface area (Å²) in [6.45, 7) is 6.10. The van der Waals surface area contributed by atoms with E-state index in [4.69, 9.17) is 0 Å². The van der Waals surface area contributed by atoms with E-state index in [2.05, 4.69) is 13.8 Å². The van der Waals surface area contributed by atoms with Gasteiger partial charge in [-0.15, -0.1) is 0 Å². The third kappa shape index (κ3) is 3.02. The van der Waals surface area contributed by atoms with Gasteiger partial charge in [-0.2, -0.15) is 0 Å². The van der Waals surface area contributed by atoms with Gasteiger partial charge in [-0.05, 0) is 0 Å². The quantitative estimate of drug-likeness (QED) is 0.547. The van der Waals surface area contributed by atoms with Gasteiger partial charge in [0.05, 0.1) is 0 Å². The molecule has 0 saturated heterocycles. The van der Waals surface area contributed by atoms with Crippen LogP contribution in [0.3, 0.4) is 0 Å². The van der Waals surface area contributed by atoms with Crippen molar-refractivity contribution in [2.24, 2.45) is 0 Å². The van der Waals surface area contributed by atoms with Gasteiger partial charge in [-0.1, -0.05) is 0 Å². The van der Waals surface area contributed by atoms with Gasteiger partial charge in [-0.3, -0.25) is 0 Å². The van der Waals surface area contributed by atoms with Crippen LogP contribution in [0.4, 0.5) is 0 Å². The molecule has 0 spiro atoms. The van der Waals surface area contributed by atoms with Crippen LogP contribution in [0.5, 0.6) is 0 Å².